The SMILES string of the molecule is COC1=NC(c2nnc(N(CC[Si](C)(C)C)S(=O)(=O)[C@H](C)[C@@H](O)C3CCCCC3)n2-c2c(O)cccc2OC)=C=C=C1. The van der Waals surface area contributed by atoms with Crippen LogP contribution in [-0.2, 0) is 14.8 Å². The van der Waals surface area contributed by atoms with Gasteiger partial charge in [0.05, 0.1) is 26.4 Å². The first-order valence-electron chi connectivity index (χ1n) is 14.2. The van der Waals surface area contributed by atoms with E-state index >= 15 is 0 Å². The van der Waals surface area contributed by atoms with Crippen molar-refractivity contribution in [3.05, 3.63) is 41.6 Å². The average molecular weight is 616 g/mol. The number of methoxy groups -OCH3 is 2. The Morgan fingerprint density at radius 2 is 1.86 bits per heavy atom. The van der Waals surface area contributed by atoms with E-state index in [9.17, 15) is 18.6 Å². The van der Waals surface area contributed by atoms with E-state index in [1.54, 1.807) is 19.1 Å². The zero-order chi connectivity index (χ0) is 30.7. The molecule has 1 saturated carbocycles. The van der Waals surface area contributed by atoms with Gasteiger partial charge in [-0.1, -0.05) is 50.7 Å². The zero-order valence-electron chi connectivity index (χ0n) is 25.2. The topological polar surface area (TPSA) is 139 Å². The highest BCUT2D eigenvalue weighted by Gasteiger charge is 2.41. The Bertz CT molecular complexity index is 1530. The quantitative estimate of drug-likeness (QED) is 0.278. The van der Waals surface area contributed by atoms with Gasteiger partial charge in [-0.3, -0.25) is 4.57 Å². The van der Waals surface area contributed by atoms with Gasteiger partial charge in [0.2, 0.25) is 21.9 Å². The van der Waals surface area contributed by atoms with Crippen LogP contribution in [0, 0.1) is 5.92 Å². The smallest absolute Gasteiger partial charge is 0.246 e. The van der Waals surface area contributed by atoms with Gasteiger partial charge in [-0.25, -0.2) is 17.7 Å². The fraction of sp³-hybridized carbons (Fsp3) is 0.552. The lowest BCUT2D eigenvalue weighted by molar-refractivity contribution is 0.0839. The molecule has 0 spiro atoms. The van der Waals surface area contributed by atoms with E-state index in [0.29, 0.717) is 6.04 Å². The summed E-state index contributed by atoms with van der Waals surface area (Å²) in [6, 6.07) is 5.35. The zero-order valence-corrected chi connectivity index (χ0v) is 27.0. The molecule has 2 aliphatic rings. The van der Waals surface area contributed by atoms with Gasteiger partial charge >= 0.3 is 0 Å². The van der Waals surface area contributed by atoms with Crippen LogP contribution in [0.2, 0.25) is 25.7 Å². The number of phenolic OH excluding ortho intramolecular Hbond substituents is 1. The van der Waals surface area contributed by atoms with Crippen molar-refractivity contribution >= 4 is 35.6 Å². The molecule has 42 heavy (non-hydrogen) atoms. The van der Waals surface area contributed by atoms with Gasteiger partial charge in [-0.05, 0) is 49.6 Å². The summed E-state index contributed by atoms with van der Waals surface area (Å²) in [6.45, 7) is 8.15. The number of aliphatic hydroxyl groups is 1. The molecule has 2 N–H and O–H groups in total. The first-order valence-corrected chi connectivity index (χ1v) is 19.5. The van der Waals surface area contributed by atoms with E-state index < -0.39 is 29.5 Å². The second-order valence-electron chi connectivity index (χ2n) is 11.9. The van der Waals surface area contributed by atoms with Crippen LogP contribution in [0.25, 0.3) is 11.4 Å². The van der Waals surface area contributed by atoms with Gasteiger partial charge in [0.15, 0.2) is 11.5 Å². The summed E-state index contributed by atoms with van der Waals surface area (Å²) >= 11 is 0. The molecule has 1 fully saturated rings. The Balaban J connectivity index is 1.94. The second-order valence-corrected chi connectivity index (χ2v) is 19.8. The first-order chi connectivity index (χ1) is 19.9. The van der Waals surface area contributed by atoms with Crippen molar-refractivity contribution in [2.45, 2.75) is 76.1 Å². The number of benzene rings is 1. The highest BCUT2D eigenvalue weighted by Crippen LogP contribution is 2.39. The Kier molecular flexibility index (Phi) is 9.69. The molecule has 0 bridgehead atoms. The molecule has 1 aromatic carbocycles. The monoisotopic (exact) mass is 615 g/mol. The molecule has 1 aliphatic carbocycles. The molecule has 0 radical (unpaired) electrons. The van der Waals surface area contributed by atoms with E-state index in [0.717, 1.165) is 32.1 Å². The van der Waals surface area contributed by atoms with Crippen LogP contribution in [-0.4, -0.2) is 79.5 Å². The summed E-state index contributed by atoms with van der Waals surface area (Å²) in [5.74, 6) is 0.289. The van der Waals surface area contributed by atoms with Crippen molar-refractivity contribution in [1.82, 2.24) is 14.8 Å². The lowest BCUT2D eigenvalue weighted by atomic mass is 9.84. The molecule has 4 rings (SSSR count). The number of aliphatic imine (C=N–C) groups is 1. The number of sulfonamides is 1. The van der Waals surface area contributed by atoms with E-state index in [-0.39, 0.29) is 53.0 Å². The molecule has 2 atom stereocenters. The van der Waals surface area contributed by atoms with Crippen LogP contribution in [0.4, 0.5) is 5.95 Å². The molecule has 0 amide bonds. The lowest BCUT2D eigenvalue weighted by Gasteiger charge is -2.34. The summed E-state index contributed by atoms with van der Waals surface area (Å²) < 4.78 is 42.4. The predicted molar refractivity (Wildman–Crippen MR) is 165 cm³/mol. The van der Waals surface area contributed by atoms with Gasteiger partial charge in [-0.2, -0.15) is 0 Å². The second kappa shape index (κ2) is 12.9. The van der Waals surface area contributed by atoms with Crippen molar-refractivity contribution < 1.29 is 28.1 Å². The van der Waals surface area contributed by atoms with Crippen LogP contribution in [0.5, 0.6) is 11.5 Å². The summed E-state index contributed by atoms with van der Waals surface area (Å²) in [5, 5.41) is 30.0. The normalized spacial score (nSPS) is 17.4. The van der Waals surface area contributed by atoms with Crippen LogP contribution in [0.1, 0.15) is 44.9 Å². The van der Waals surface area contributed by atoms with Gasteiger partial charge in [-0.15, -0.1) is 10.2 Å². The third-order valence-corrected chi connectivity index (χ3v) is 11.7. The molecule has 0 saturated heterocycles. The lowest BCUT2D eigenvalue weighted by Crippen LogP contribution is -2.48. The number of aliphatic hydroxyl groups excluding tert-OH is 1. The minimum absolute atomic E-state index is 0.0521. The molecule has 1 aromatic heterocycles. The molecule has 1 aliphatic heterocycles. The Hall–Kier alpha value is -3.34. The molecular weight excluding hydrogens is 575 g/mol. The number of hydrogen-bond acceptors (Lipinski definition) is 9. The number of rotatable bonds is 11. The highest BCUT2D eigenvalue weighted by molar-refractivity contribution is 7.93. The number of ether oxygens (including phenoxy) is 2. The molecule has 13 heteroatoms. The van der Waals surface area contributed by atoms with E-state index in [1.807, 2.05) is 0 Å². The molecular formula is C29H41N5O6SSi. The standard InChI is InChI=1S/C29H41N5O6SSi/c1-20(27(36)21-12-8-7-9-13-21)41(37,38)33(18-19-42(4,5)6)29-32-31-28(22-14-10-17-25(30-22)40-3)34(29)26-23(35)15-11-16-24(26)39-2/h11,15-17,20-21,27,35-36H,7-9,12-13,18-19H2,1-6H3/t20-,27-/m1/s1. The summed E-state index contributed by atoms with van der Waals surface area (Å²) in [4.78, 5) is 4.42. The van der Waals surface area contributed by atoms with Crippen LogP contribution in [0.15, 0.2) is 40.7 Å². The number of nitrogens with zero attached hydrogens (tertiary/aromatic N) is 5. The van der Waals surface area contributed by atoms with Crippen molar-refractivity contribution in [3.63, 3.8) is 0 Å². The molecule has 228 valence electrons. The number of aromatic nitrogens is 3. The van der Waals surface area contributed by atoms with E-state index in [2.05, 4.69) is 46.3 Å². The number of para-hydroxylation sites is 1. The van der Waals surface area contributed by atoms with Gasteiger partial charge < -0.3 is 19.7 Å². The minimum atomic E-state index is -4.17. The van der Waals surface area contributed by atoms with E-state index in [4.69, 9.17) is 9.47 Å². The minimum Gasteiger partial charge on any atom is -0.506 e. The van der Waals surface area contributed by atoms with Crippen molar-refractivity contribution in [2.75, 3.05) is 25.1 Å². The Labute approximate surface area is 249 Å². The van der Waals surface area contributed by atoms with Crippen LogP contribution >= 0.6 is 0 Å². The summed E-state index contributed by atoms with van der Waals surface area (Å²) in [6.07, 6.45) is 5.08. The average Bonchev–Trinajstić information content (AvgIpc) is 3.40. The van der Waals surface area contributed by atoms with Gasteiger partial charge in [0.25, 0.3) is 0 Å². The number of hydrogen-bond donors (Lipinski definition) is 2. The molecule has 11 nitrogen and oxygen atoms in total. The third-order valence-electron chi connectivity index (χ3n) is 7.78. The third kappa shape index (κ3) is 6.66. The van der Waals surface area contributed by atoms with Crippen molar-refractivity contribution in [2.24, 2.45) is 10.9 Å². The predicted octanol–water partition coefficient (Wildman–Crippen LogP) is 4.50. The highest BCUT2D eigenvalue weighted by atomic mass is 32.2. The maximum atomic E-state index is 14.5. The summed E-state index contributed by atoms with van der Waals surface area (Å²) in [7, 11) is -3.02. The molecule has 2 aromatic rings. The summed E-state index contributed by atoms with van der Waals surface area (Å²) in [5.41, 5.74) is 6.05. The maximum absolute atomic E-state index is 14.5. The van der Waals surface area contributed by atoms with Crippen LogP contribution in [0.3, 0.4) is 0 Å². The Morgan fingerprint density at radius 1 is 1.14 bits per heavy atom. The number of aromatic hydroxyl groups is 1. The largest absolute Gasteiger partial charge is 0.506 e. The Morgan fingerprint density at radius 3 is 2.50 bits per heavy atom. The first kappa shape index (κ1) is 31.6. The fourth-order valence-electron chi connectivity index (χ4n) is 5.26. The van der Waals surface area contributed by atoms with E-state index in [1.165, 1.54) is 35.2 Å². The number of anilines is 1. The van der Waals surface area contributed by atoms with Crippen LogP contribution < -0.4 is 9.04 Å². The molecule has 2 heterocycles. The maximum Gasteiger partial charge on any atom is 0.246 e. The number of phenols is 1. The van der Waals surface area contributed by atoms with Gasteiger partial charge in [0, 0.05) is 14.6 Å². The van der Waals surface area contributed by atoms with Gasteiger partial charge in [0.1, 0.15) is 22.4 Å². The van der Waals surface area contributed by atoms with Crippen molar-refractivity contribution in [3.8, 4) is 17.2 Å². The fourth-order valence-corrected chi connectivity index (χ4v) is 7.98. The molecule has 0 unspecified atom stereocenters. The van der Waals surface area contributed by atoms with Crippen molar-refractivity contribution in [1.29, 1.82) is 0 Å².